The van der Waals surface area contributed by atoms with Gasteiger partial charge in [0.25, 0.3) is 0 Å². The van der Waals surface area contributed by atoms with Gasteiger partial charge in [0.1, 0.15) is 23.2 Å². The van der Waals surface area contributed by atoms with Crippen LogP contribution in [-0.4, -0.2) is 8.75 Å². The predicted octanol–water partition coefficient (Wildman–Crippen LogP) is 12.9. The number of allylic oxidation sites excluding steroid dienone is 2. The van der Waals surface area contributed by atoms with Crippen molar-refractivity contribution in [3.8, 4) is 52.5 Å². The highest BCUT2D eigenvalue weighted by molar-refractivity contribution is 7.25. The van der Waals surface area contributed by atoms with Crippen molar-refractivity contribution < 1.29 is 0 Å². The van der Waals surface area contributed by atoms with Gasteiger partial charge in [0.2, 0.25) is 0 Å². The van der Waals surface area contributed by atoms with Gasteiger partial charge in [0.05, 0.1) is 22.9 Å². The summed E-state index contributed by atoms with van der Waals surface area (Å²) in [4.78, 5) is 11.1. The van der Waals surface area contributed by atoms with Crippen LogP contribution in [0.5, 0.6) is 0 Å². The van der Waals surface area contributed by atoms with E-state index in [1.54, 1.807) is 68.0 Å². The van der Waals surface area contributed by atoms with E-state index in [1.165, 1.54) is 31.2 Å². The van der Waals surface area contributed by atoms with Gasteiger partial charge < -0.3 is 0 Å². The van der Waals surface area contributed by atoms with Gasteiger partial charge in [0, 0.05) is 59.9 Å². The van der Waals surface area contributed by atoms with Crippen LogP contribution in [-0.2, 0) is 0 Å². The van der Waals surface area contributed by atoms with Crippen LogP contribution >= 0.6 is 79.7 Å². The molecule has 0 N–H and O–H groups in total. The summed E-state index contributed by atoms with van der Waals surface area (Å²) in [6.07, 6.45) is 3.94. The highest BCUT2D eigenvalue weighted by Gasteiger charge is 2.18. The van der Waals surface area contributed by atoms with Crippen LogP contribution in [0.2, 0.25) is 0 Å². The zero-order chi connectivity index (χ0) is 31.7. The lowest BCUT2D eigenvalue weighted by Gasteiger charge is -2.03. The molecular weight excluding hydrogens is 713 g/mol. The minimum Gasteiger partial charge on any atom is -0.192 e. The molecule has 0 spiro atoms. The minimum absolute atomic E-state index is 0.688. The lowest BCUT2D eigenvalue weighted by atomic mass is 10.1. The van der Waals surface area contributed by atoms with E-state index in [4.69, 9.17) is 8.75 Å². The van der Waals surface area contributed by atoms with E-state index in [0.717, 1.165) is 51.4 Å². The van der Waals surface area contributed by atoms with Crippen LogP contribution in [0.1, 0.15) is 19.5 Å². The molecule has 8 rings (SSSR count). The average molecular weight is 731 g/mol. The SMILES string of the molecule is N#C/C(=C\c1ccc(-c2ccc(-c3ccc(-c4ccc(-c5ccc(/C=C(\C#N)c6cccs6)s5)s4)c4nsnc34)s2)s1)c1cccs1. The summed E-state index contributed by atoms with van der Waals surface area (Å²) < 4.78 is 9.47. The molecular formula is C36H18N4S7. The molecule has 0 fully saturated rings. The molecule has 1 aromatic carbocycles. The number of benzene rings is 1. The molecule has 7 aromatic heterocycles. The molecule has 0 unspecified atom stereocenters. The molecule has 8 aromatic rings. The largest absolute Gasteiger partial charge is 0.192 e. The monoisotopic (exact) mass is 730 g/mol. The average Bonchev–Trinajstić information content (AvgIpc) is 3.92. The van der Waals surface area contributed by atoms with Crippen LogP contribution in [0.25, 0.3) is 74.7 Å². The van der Waals surface area contributed by atoms with E-state index in [2.05, 4.69) is 72.8 Å². The Kier molecular flexibility index (Phi) is 8.36. The van der Waals surface area contributed by atoms with Crippen LogP contribution in [0.3, 0.4) is 0 Å². The standard InChI is InChI=1S/C36H18N4S7/c37-19-21(27-3-1-15-41-27)17-23-5-9-31(43-23)33-13-11-29(45-33)25-7-8-26(36-35(25)39-47-40-36)30-12-14-34(46-30)32-10-6-24(44-32)18-22(20-38)28-4-2-16-42-28/h1-18H/b21-17+,22-18+. The van der Waals surface area contributed by atoms with Gasteiger partial charge in [-0.2, -0.15) is 19.3 Å². The van der Waals surface area contributed by atoms with Crippen molar-refractivity contribution in [2.75, 3.05) is 0 Å². The minimum atomic E-state index is 0.688. The van der Waals surface area contributed by atoms with E-state index < -0.39 is 0 Å². The number of aromatic nitrogens is 2. The molecule has 11 heteroatoms. The van der Waals surface area contributed by atoms with Crippen molar-refractivity contribution in [2.45, 2.75) is 0 Å². The summed E-state index contributed by atoms with van der Waals surface area (Å²) >= 11 is 11.3. The summed E-state index contributed by atoms with van der Waals surface area (Å²) in [5, 5.41) is 23.3. The third-order valence-electron chi connectivity index (χ3n) is 7.28. The van der Waals surface area contributed by atoms with Crippen molar-refractivity contribution in [1.29, 1.82) is 10.5 Å². The van der Waals surface area contributed by atoms with E-state index >= 15 is 0 Å². The zero-order valence-corrected chi connectivity index (χ0v) is 29.8. The summed E-state index contributed by atoms with van der Waals surface area (Å²) in [5.41, 5.74) is 5.38. The van der Waals surface area contributed by atoms with Gasteiger partial charge in [-0.05, 0) is 83.6 Å². The summed E-state index contributed by atoms with van der Waals surface area (Å²) in [5.74, 6) is 0. The van der Waals surface area contributed by atoms with Gasteiger partial charge in [-0.25, -0.2) is 0 Å². The van der Waals surface area contributed by atoms with E-state index in [1.807, 2.05) is 47.2 Å². The fraction of sp³-hybridized carbons (Fsp3) is 0. The van der Waals surface area contributed by atoms with Crippen molar-refractivity contribution >= 4 is 114 Å². The van der Waals surface area contributed by atoms with Crippen LogP contribution in [0.15, 0.2) is 95.7 Å². The first-order valence-corrected chi connectivity index (χ1v) is 19.9. The van der Waals surface area contributed by atoms with Crippen LogP contribution < -0.4 is 0 Å². The van der Waals surface area contributed by atoms with Gasteiger partial charge in [-0.15, -0.1) is 68.0 Å². The molecule has 4 nitrogen and oxygen atoms in total. The number of hydrogen-bond donors (Lipinski definition) is 0. The molecule has 7 heterocycles. The Hall–Kier alpha value is -4.30. The molecule has 0 saturated heterocycles. The maximum atomic E-state index is 9.66. The highest BCUT2D eigenvalue weighted by atomic mass is 32.1. The van der Waals surface area contributed by atoms with E-state index in [9.17, 15) is 10.5 Å². The zero-order valence-electron chi connectivity index (χ0n) is 24.0. The first-order chi connectivity index (χ1) is 23.2. The topological polar surface area (TPSA) is 73.4 Å². The number of rotatable bonds is 8. The van der Waals surface area contributed by atoms with Crippen molar-refractivity contribution in [2.24, 2.45) is 0 Å². The Morgan fingerprint density at radius 2 is 0.936 bits per heavy atom. The van der Waals surface area contributed by atoms with Crippen LogP contribution in [0.4, 0.5) is 0 Å². The predicted molar refractivity (Wildman–Crippen MR) is 206 cm³/mol. The summed E-state index contributed by atoms with van der Waals surface area (Å²) in [6.45, 7) is 0. The highest BCUT2D eigenvalue weighted by Crippen LogP contribution is 2.44. The number of nitriles is 2. The van der Waals surface area contributed by atoms with Gasteiger partial charge in [0.15, 0.2) is 0 Å². The molecule has 0 aliphatic heterocycles. The Labute approximate surface area is 298 Å². The fourth-order valence-electron chi connectivity index (χ4n) is 5.09. The Morgan fingerprint density at radius 1 is 0.511 bits per heavy atom. The summed E-state index contributed by atoms with van der Waals surface area (Å²) in [7, 11) is 0. The lowest BCUT2D eigenvalue weighted by Crippen LogP contribution is -1.81. The molecule has 0 aliphatic carbocycles. The second kappa shape index (κ2) is 13.1. The fourth-order valence-corrected chi connectivity index (χ4v) is 11.2. The Bertz CT molecular complexity index is 2320. The molecule has 0 atom stereocenters. The van der Waals surface area contributed by atoms with E-state index in [0.29, 0.717) is 11.1 Å². The molecule has 224 valence electrons. The second-order valence-corrected chi connectivity index (χ2v) is 17.0. The summed E-state index contributed by atoms with van der Waals surface area (Å²) in [6, 6.07) is 34.0. The Balaban J connectivity index is 1.05. The molecule has 47 heavy (non-hydrogen) atoms. The number of fused-ring (bicyclic) bond motifs is 1. The third-order valence-corrected chi connectivity index (χ3v) is 14.3. The molecule has 0 radical (unpaired) electrons. The van der Waals surface area contributed by atoms with Crippen molar-refractivity contribution in [1.82, 2.24) is 8.75 Å². The smallest absolute Gasteiger partial charge is 0.114 e. The Morgan fingerprint density at radius 3 is 1.36 bits per heavy atom. The van der Waals surface area contributed by atoms with Crippen molar-refractivity contribution in [3.05, 3.63) is 115 Å². The molecule has 0 saturated carbocycles. The lowest BCUT2D eigenvalue weighted by molar-refractivity contribution is 1.54. The first kappa shape index (κ1) is 30.1. The molecule has 0 aliphatic rings. The number of thiophene rings is 6. The maximum absolute atomic E-state index is 9.66. The second-order valence-electron chi connectivity index (χ2n) is 10.1. The van der Waals surface area contributed by atoms with Crippen LogP contribution in [0, 0.1) is 22.7 Å². The third kappa shape index (κ3) is 6.00. The number of nitrogens with zero attached hydrogens (tertiary/aromatic N) is 4. The van der Waals surface area contributed by atoms with Crippen molar-refractivity contribution in [3.63, 3.8) is 0 Å². The first-order valence-electron chi connectivity index (χ1n) is 14.1. The van der Waals surface area contributed by atoms with Gasteiger partial charge >= 0.3 is 0 Å². The van der Waals surface area contributed by atoms with Gasteiger partial charge in [-0.3, -0.25) is 0 Å². The van der Waals surface area contributed by atoms with Gasteiger partial charge in [-0.1, -0.05) is 24.3 Å². The molecule has 0 amide bonds. The number of hydrogen-bond acceptors (Lipinski definition) is 11. The molecule has 0 bridgehead atoms. The quantitative estimate of drug-likeness (QED) is 0.146. The van der Waals surface area contributed by atoms with E-state index in [-0.39, 0.29) is 0 Å². The maximum Gasteiger partial charge on any atom is 0.114 e. The normalized spacial score (nSPS) is 12.0.